The summed E-state index contributed by atoms with van der Waals surface area (Å²) >= 11 is 3.43. The summed E-state index contributed by atoms with van der Waals surface area (Å²) in [6.07, 6.45) is 1.83. The first-order valence-corrected chi connectivity index (χ1v) is 9.38. The summed E-state index contributed by atoms with van der Waals surface area (Å²) in [5.74, 6) is 0.946. The largest absolute Gasteiger partial charge is 0.365 e. The molecule has 4 aromatic rings. The predicted molar refractivity (Wildman–Crippen MR) is 103 cm³/mol. The summed E-state index contributed by atoms with van der Waals surface area (Å²) in [5, 5.41) is 4.09. The minimum absolute atomic E-state index is 0.0155. The van der Waals surface area contributed by atoms with Crippen LogP contribution >= 0.6 is 15.9 Å². The lowest BCUT2D eigenvalue weighted by Gasteiger charge is -2.25. The van der Waals surface area contributed by atoms with Gasteiger partial charge in [0.25, 0.3) is 5.89 Å². The number of nitrogens with zero attached hydrogens (tertiary/aromatic N) is 4. The average Bonchev–Trinajstić information content (AvgIpc) is 3.35. The average molecular weight is 423 g/mol. The van der Waals surface area contributed by atoms with E-state index in [0.29, 0.717) is 30.6 Å². The Bertz CT molecular complexity index is 1070. The molecular weight excluding hydrogens is 408 g/mol. The zero-order valence-corrected chi connectivity index (χ0v) is 15.8. The fourth-order valence-corrected chi connectivity index (χ4v) is 3.48. The smallest absolute Gasteiger partial charge is 0.278 e. The van der Waals surface area contributed by atoms with Crippen molar-refractivity contribution in [2.45, 2.75) is 19.3 Å². The fraction of sp³-hybridized carbons (Fsp3) is 0.150. The minimum atomic E-state index is 0.0155. The molecule has 7 heteroatoms. The third-order valence-corrected chi connectivity index (χ3v) is 5.16. The van der Waals surface area contributed by atoms with Crippen LogP contribution in [0.2, 0.25) is 0 Å². The monoisotopic (exact) mass is 422 g/mol. The Balaban J connectivity index is 1.42. The predicted octanol–water partition coefficient (Wildman–Crippen LogP) is 4.63. The van der Waals surface area contributed by atoms with Gasteiger partial charge in [0, 0.05) is 10.0 Å². The van der Waals surface area contributed by atoms with E-state index in [-0.39, 0.29) is 6.10 Å². The van der Waals surface area contributed by atoms with Crippen molar-refractivity contribution >= 4 is 15.9 Å². The van der Waals surface area contributed by atoms with Crippen molar-refractivity contribution in [2.24, 2.45) is 0 Å². The summed E-state index contributed by atoms with van der Waals surface area (Å²) in [4.78, 5) is 9.01. The zero-order valence-electron chi connectivity index (χ0n) is 14.2. The van der Waals surface area contributed by atoms with E-state index in [1.54, 1.807) is 0 Å². The zero-order chi connectivity index (χ0) is 18.2. The van der Waals surface area contributed by atoms with E-state index in [2.05, 4.69) is 47.8 Å². The van der Waals surface area contributed by atoms with E-state index in [4.69, 9.17) is 9.26 Å². The molecule has 134 valence electrons. The molecule has 0 N–H and O–H groups in total. The summed E-state index contributed by atoms with van der Waals surface area (Å²) < 4.78 is 14.6. The molecule has 1 atom stereocenters. The number of benzene rings is 2. The van der Waals surface area contributed by atoms with E-state index in [0.717, 1.165) is 21.3 Å². The molecule has 1 aliphatic heterocycles. The van der Waals surface area contributed by atoms with Gasteiger partial charge in [-0.2, -0.15) is 4.98 Å². The first-order chi connectivity index (χ1) is 13.3. The highest BCUT2D eigenvalue weighted by atomic mass is 79.9. The molecule has 0 fully saturated rings. The molecule has 0 amide bonds. The molecule has 0 radical (unpaired) electrons. The number of aromatic nitrogens is 4. The summed E-state index contributed by atoms with van der Waals surface area (Å²) in [7, 11) is 0. The summed E-state index contributed by atoms with van der Waals surface area (Å²) in [5.41, 5.74) is 3.68. The number of hydrogen-bond donors (Lipinski definition) is 0. The van der Waals surface area contributed by atoms with Crippen LogP contribution in [0.25, 0.3) is 23.0 Å². The topological polar surface area (TPSA) is 66.0 Å². The van der Waals surface area contributed by atoms with Crippen molar-refractivity contribution in [3.63, 3.8) is 0 Å². The molecule has 2 aromatic heterocycles. The number of rotatable bonds is 3. The molecule has 0 unspecified atom stereocenters. The van der Waals surface area contributed by atoms with Crippen LogP contribution in [-0.2, 0) is 17.9 Å². The van der Waals surface area contributed by atoms with Crippen LogP contribution < -0.4 is 0 Å². The number of hydrogen-bond acceptors (Lipinski definition) is 5. The summed E-state index contributed by atoms with van der Waals surface area (Å²) in [6.45, 7) is 1.16. The van der Waals surface area contributed by atoms with Gasteiger partial charge in [0.05, 0.1) is 25.2 Å². The molecule has 3 heterocycles. The normalized spacial score (nSPS) is 16.3. The molecule has 0 saturated carbocycles. The molecule has 6 nitrogen and oxygen atoms in total. The Labute approximate surface area is 163 Å². The first-order valence-electron chi connectivity index (χ1n) is 8.58. The van der Waals surface area contributed by atoms with Crippen LogP contribution in [0.4, 0.5) is 0 Å². The van der Waals surface area contributed by atoms with Gasteiger partial charge in [-0.25, -0.2) is 4.98 Å². The molecule has 27 heavy (non-hydrogen) atoms. The van der Waals surface area contributed by atoms with Crippen molar-refractivity contribution in [3.05, 3.63) is 76.7 Å². The highest BCUT2D eigenvalue weighted by Gasteiger charge is 2.26. The van der Waals surface area contributed by atoms with Crippen LogP contribution in [0.15, 0.2) is 69.9 Å². The lowest BCUT2D eigenvalue weighted by atomic mass is 10.1. The number of ether oxygens (including phenoxy) is 1. The van der Waals surface area contributed by atoms with Gasteiger partial charge in [-0.1, -0.05) is 51.4 Å². The minimum Gasteiger partial charge on any atom is -0.365 e. The van der Waals surface area contributed by atoms with Gasteiger partial charge in [0.2, 0.25) is 5.82 Å². The Hall–Kier alpha value is -2.77. The maximum Gasteiger partial charge on any atom is 0.278 e. The Morgan fingerprint density at radius 3 is 2.67 bits per heavy atom. The molecule has 0 saturated heterocycles. The second kappa shape index (κ2) is 6.75. The van der Waals surface area contributed by atoms with Gasteiger partial charge in [-0.05, 0) is 29.8 Å². The van der Waals surface area contributed by atoms with Crippen LogP contribution in [0.5, 0.6) is 0 Å². The molecule has 0 aliphatic carbocycles. The number of halogens is 1. The second-order valence-electron chi connectivity index (χ2n) is 6.33. The molecule has 5 rings (SSSR count). The molecule has 0 bridgehead atoms. The SMILES string of the molecule is Brc1ccc(-c2noc(-c3ncn4c3CO[C@H](c3ccccc3)C4)n2)cc1. The quantitative estimate of drug-likeness (QED) is 0.481. The Kier molecular flexibility index (Phi) is 4.10. The van der Waals surface area contributed by atoms with Crippen LogP contribution in [-0.4, -0.2) is 19.7 Å². The molecular formula is C20H15BrN4O2. The van der Waals surface area contributed by atoms with Gasteiger partial charge >= 0.3 is 0 Å². The van der Waals surface area contributed by atoms with E-state index >= 15 is 0 Å². The van der Waals surface area contributed by atoms with Gasteiger partial charge in [-0.15, -0.1) is 0 Å². The van der Waals surface area contributed by atoms with Gasteiger partial charge in [-0.3, -0.25) is 0 Å². The van der Waals surface area contributed by atoms with E-state index in [1.807, 2.05) is 48.8 Å². The lowest BCUT2D eigenvalue weighted by Crippen LogP contribution is -2.20. The van der Waals surface area contributed by atoms with Crippen LogP contribution in [0, 0.1) is 0 Å². The Morgan fingerprint density at radius 1 is 1.04 bits per heavy atom. The van der Waals surface area contributed by atoms with E-state index in [1.165, 1.54) is 0 Å². The van der Waals surface area contributed by atoms with Crippen molar-refractivity contribution < 1.29 is 9.26 Å². The van der Waals surface area contributed by atoms with Crippen molar-refractivity contribution in [3.8, 4) is 23.0 Å². The third-order valence-electron chi connectivity index (χ3n) is 4.63. The lowest BCUT2D eigenvalue weighted by molar-refractivity contribution is 0.00330. The number of fused-ring (bicyclic) bond motifs is 1. The maximum absolute atomic E-state index is 6.06. The van der Waals surface area contributed by atoms with E-state index in [9.17, 15) is 0 Å². The van der Waals surface area contributed by atoms with Gasteiger partial charge < -0.3 is 13.8 Å². The third kappa shape index (κ3) is 3.09. The van der Waals surface area contributed by atoms with Crippen molar-refractivity contribution in [1.82, 2.24) is 19.7 Å². The molecule has 2 aromatic carbocycles. The van der Waals surface area contributed by atoms with Gasteiger partial charge in [0.15, 0.2) is 5.69 Å². The first kappa shape index (κ1) is 16.4. The Morgan fingerprint density at radius 2 is 1.85 bits per heavy atom. The molecule has 0 spiro atoms. The van der Waals surface area contributed by atoms with Crippen LogP contribution in [0.1, 0.15) is 17.4 Å². The highest BCUT2D eigenvalue weighted by molar-refractivity contribution is 9.10. The standard InChI is InChI=1S/C20H15BrN4O2/c21-15-8-6-14(7-9-15)19-23-20(27-24-19)18-16-11-26-17(10-25(16)12-22-18)13-4-2-1-3-5-13/h1-9,12,17H,10-11H2/t17-/m0/s1. The van der Waals surface area contributed by atoms with Crippen molar-refractivity contribution in [1.29, 1.82) is 0 Å². The highest BCUT2D eigenvalue weighted by Crippen LogP contribution is 2.31. The van der Waals surface area contributed by atoms with Crippen LogP contribution in [0.3, 0.4) is 0 Å². The second-order valence-corrected chi connectivity index (χ2v) is 7.25. The molecule has 1 aliphatic rings. The fourth-order valence-electron chi connectivity index (χ4n) is 3.21. The van der Waals surface area contributed by atoms with Crippen molar-refractivity contribution in [2.75, 3.05) is 0 Å². The van der Waals surface area contributed by atoms with E-state index < -0.39 is 0 Å². The van der Waals surface area contributed by atoms with Gasteiger partial charge in [0.1, 0.15) is 6.10 Å². The summed E-state index contributed by atoms with van der Waals surface area (Å²) in [6, 6.07) is 18.0. The number of imidazole rings is 1. The maximum atomic E-state index is 6.06.